The van der Waals surface area contributed by atoms with E-state index in [0.717, 1.165) is 0 Å². The lowest BCUT2D eigenvalue weighted by Gasteiger charge is -2.42. The molecule has 1 unspecified atom stereocenters. The van der Waals surface area contributed by atoms with Crippen molar-refractivity contribution in [1.82, 2.24) is 5.32 Å². The molecule has 7 heteroatoms. The summed E-state index contributed by atoms with van der Waals surface area (Å²) in [5.41, 5.74) is 0. The summed E-state index contributed by atoms with van der Waals surface area (Å²) in [4.78, 5) is 11.9. The van der Waals surface area contributed by atoms with Crippen molar-refractivity contribution in [3.05, 3.63) is 0 Å². The van der Waals surface area contributed by atoms with Gasteiger partial charge in [0.2, 0.25) is 0 Å². The first-order valence-corrected chi connectivity index (χ1v) is 6.82. The van der Waals surface area contributed by atoms with Crippen molar-refractivity contribution in [3.63, 3.8) is 0 Å². The molecule has 1 saturated heterocycles. The molecule has 0 aromatic heterocycles. The minimum Gasteiger partial charge on any atom is -0.387 e. The first kappa shape index (κ1) is 17.3. The molecule has 0 aliphatic carbocycles. The Morgan fingerprint density at radius 3 is 2.10 bits per heavy atom. The van der Waals surface area contributed by atoms with Crippen LogP contribution in [-0.2, 0) is 19.0 Å². The first-order chi connectivity index (χ1) is 9.27. The van der Waals surface area contributed by atoms with E-state index in [1.807, 2.05) is 0 Å². The molecule has 0 saturated carbocycles. The number of nitrogens with one attached hydrogen (secondary N) is 1. The van der Waals surface area contributed by atoms with Gasteiger partial charge in [-0.1, -0.05) is 0 Å². The first-order valence-electron chi connectivity index (χ1n) is 6.82. The van der Waals surface area contributed by atoms with E-state index >= 15 is 0 Å². The third kappa shape index (κ3) is 4.13. The fourth-order valence-corrected chi connectivity index (χ4v) is 2.04. The second-order valence-corrected chi connectivity index (χ2v) is 5.35. The highest BCUT2D eigenvalue weighted by molar-refractivity contribution is 5.81. The summed E-state index contributed by atoms with van der Waals surface area (Å²) in [7, 11) is 1.47. The molecule has 7 nitrogen and oxygen atoms in total. The van der Waals surface area contributed by atoms with Gasteiger partial charge in [0.05, 0.1) is 12.2 Å². The Hall–Kier alpha value is -0.730. The van der Waals surface area contributed by atoms with Crippen LogP contribution in [0.4, 0.5) is 0 Å². The third-order valence-corrected chi connectivity index (χ3v) is 2.88. The van der Waals surface area contributed by atoms with Crippen LogP contribution in [0.5, 0.6) is 0 Å². The molecular weight excluding hydrogens is 266 g/mol. The number of aliphatic hydroxyl groups is 2. The molecule has 0 radical (unpaired) electrons. The number of ether oxygens (including phenoxy) is 3. The predicted octanol–water partition coefficient (Wildman–Crippen LogP) is -0.602. The Balaban J connectivity index is 2.91. The minimum absolute atomic E-state index is 0.213. The molecule has 1 heterocycles. The number of carbonyl (C=O) groups excluding carboxylic acids is 1. The van der Waals surface area contributed by atoms with Crippen LogP contribution in [0.25, 0.3) is 0 Å². The Morgan fingerprint density at radius 2 is 1.65 bits per heavy atom. The second kappa shape index (κ2) is 7.33. The number of hydrogen-bond acceptors (Lipinski definition) is 6. The predicted molar refractivity (Wildman–Crippen MR) is 71.0 cm³/mol. The van der Waals surface area contributed by atoms with Crippen molar-refractivity contribution < 1.29 is 29.2 Å². The zero-order valence-electron chi connectivity index (χ0n) is 12.6. The Labute approximate surface area is 119 Å². The van der Waals surface area contributed by atoms with Gasteiger partial charge in [-0.15, -0.1) is 0 Å². The summed E-state index contributed by atoms with van der Waals surface area (Å²) >= 11 is 0. The van der Waals surface area contributed by atoms with E-state index in [2.05, 4.69) is 5.32 Å². The molecule has 5 atom stereocenters. The van der Waals surface area contributed by atoms with Gasteiger partial charge >= 0.3 is 0 Å². The standard InChI is InChI=1S/C13H25NO6/c1-6(2)18-10-8(15)9(16)13(19-7(3)4)20-11(10)12(17)14-5/h6-11,13,15-16H,1-5H3,(H,14,17)/t8-,9+,10+,11?,13-/m1/s1. The van der Waals surface area contributed by atoms with Gasteiger partial charge in [0, 0.05) is 7.05 Å². The van der Waals surface area contributed by atoms with E-state index in [1.54, 1.807) is 27.7 Å². The van der Waals surface area contributed by atoms with Crippen molar-refractivity contribution in [2.45, 2.75) is 70.6 Å². The van der Waals surface area contributed by atoms with E-state index in [9.17, 15) is 15.0 Å². The molecule has 118 valence electrons. The lowest BCUT2D eigenvalue weighted by molar-refractivity contribution is -0.307. The molecular formula is C13H25NO6. The summed E-state index contributed by atoms with van der Waals surface area (Å²) in [5.74, 6) is -0.432. The van der Waals surface area contributed by atoms with E-state index < -0.39 is 36.6 Å². The molecule has 1 fully saturated rings. The van der Waals surface area contributed by atoms with E-state index in [0.29, 0.717) is 0 Å². The Kier molecular flexibility index (Phi) is 6.35. The fourth-order valence-electron chi connectivity index (χ4n) is 2.04. The van der Waals surface area contributed by atoms with Gasteiger partial charge in [-0.2, -0.15) is 0 Å². The molecule has 0 aromatic rings. The second-order valence-electron chi connectivity index (χ2n) is 5.35. The molecule has 0 spiro atoms. The SMILES string of the molecule is CNC(=O)C1O[C@@H](OC(C)C)[C@@H](O)[C@@H](O)[C@@H]1OC(C)C. The molecule has 0 bridgehead atoms. The number of hydrogen-bond donors (Lipinski definition) is 3. The smallest absolute Gasteiger partial charge is 0.251 e. The van der Waals surface area contributed by atoms with Crippen LogP contribution >= 0.6 is 0 Å². The maximum Gasteiger partial charge on any atom is 0.251 e. The van der Waals surface area contributed by atoms with Crippen LogP contribution in [-0.4, -0.2) is 66.1 Å². The lowest BCUT2D eigenvalue weighted by atomic mass is 9.97. The molecule has 1 amide bonds. The van der Waals surface area contributed by atoms with Crippen molar-refractivity contribution in [3.8, 4) is 0 Å². The normalized spacial score (nSPS) is 34.5. The minimum atomic E-state index is -1.28. The Bertz CT molecular complexity index is 322. The molecule has 3 N–H and O–H groups in total. The largest absolute Gasteiger partial charge is 0.387 e. The van der Waals surface area contributed by atoms with Gasteiger partial charge in [0.15, 0.2) is 12.4 Å². The zero-order chi connectivity index (χ0) is 15.4. The lowest BCUT2D eigenvalue weighted by Crippen LogP contribution is -2.63. The summed E-state index contributed by atoms with van der Waals surface area (Å²) in [5, 5.41) is 22.7. The van der Waals surface area contributed by atoms with Gasteiger partial charge < -0.3 is 29.7 Å². The van der Waals surface area contributed by atoms with E-state index in [-0.39, 0.29) is 12.2 Å². The van der Waals surface area contributed by atoms with Crippen LogP contribution < -0.4 is 5.32 Å². The quantitative estimate of drug-likeness (QED) is 0.626. The fraction of sp³-hybridized carbons (Fsp3) is 0.923. The number of carbonyl (C=O) groups is 1. The van der Waals surface area contributed by atoms with Gasteiger partial charge in [-0.05, 0) is 27.7 Å². The molecule has 1 aliphatic heterocycles. The third-order valence-electron chi connectivity index (χ3n) is 2.88. The summed E-state index contributed by atoms with van der Waals surface area (Å²) in [6.07, 6.45) is -6.03. The average Bonchev–Trinajstić information content (AvgIpc) is 2.36. The van der Waals surface area contributed by atoms with Crippen LogP contribution in [0.1, 0.15) is 27.7 Å². The van der Waals surface area contributed by atoms with Gasteiger partial charge in [-0.25, -0.2) is 0 Å². The van der Waals surface area contributed by atoms with Gasteiger partial charge in [-0.3, -0.25) is 4.79 Å². The van der Waals surface area contributed by atoms with Crippen molar-refractivity contribution >= 4 is 5.91 Å². The summed E-state index contributed by atoms with van der Waals surface area (Å²) in [6.45, 7) is 7.09. The van der Waals surface area contributed by atoms with Crippen LogP contribution in [0.15, 0.2) is 0 Å². The number of rotatable bonds is 5. The Morgan fingerprint density at radius 1 is 1.10 bits per heavy atom. The van der Waals surface area contributed by atoms with Gasteiger partial charge in [0.25, 0.3) is 5.91 Å². The van der Waals surface area contributed by atoms with E-state index in [4.69, 9.17) is 14.2 Å². The number of likely N-dealkylation sites (N-methyl/N-ethyl adjacent to an activating group) is 1. The topological polar surface area (TPSA) is 97.3 Å². The number of amides is 1. The molecule has 1 aliphatic rings. The highest BCUT2D eigenvalue weighted by atomic mass is 16.7. The highest BCUT2D eigenvalue weighted by Crippen LogP contribution is 2.26. The average molecular weight is 291 g/mol. The van der Waals surface area contributed by atoms with Crippen LogP contribution in [0.3, 0.4) is 0 Å². The maximum atomic E-state index is 11.9. The van der Waals surface area contributed by atoms with E-state index in [1.165, 1.54) is 7.05 Å². The monoisotopic (exact) mass is 291 g/mol. The molecule has 20 heavy (non-hydrogen) atoms. The van der Waals surface area contributed by atoms with Crippen LogP contribution in [0.2, 0.25) is 0 Å². The molecule has 0 aromatic carbocycles. The van der Waals surface area contributed by atoms with Crippen LogP contribution in [0, 0.1) is 0 Å². The summed E-state index contributed by atoms with van der Waals surface area (Å²) < 4.78 is 16.4. The molecule has 1 rings (SSSR count). The van der Waals surface area contributed by atoms with Gasteiger partial charge in [0.1, 0.15) is 18.3 Å². The number of aliphatic hydroxyl groups excluding tert-OH is 2. The highest BCUT2D eigenvalue weighted by Gasteiger charge is 2.49. The van der Waals surface area contributed by atoms with Crippen molar-refractivity contribution in [2.24, 2.45) is 0 Å². The zero-order valence-corrected chi connectivity index (χ0v) is 12.6. The van der Waals surface area contributed by atoms with Crippen molar-refractivity contribution in [1.29, 1.82) is 0 Å². The summed E-state index contributed by atoms with van der Waals surface area (Å²) in [6, 6.07) is 0. The maximum absolute atomic E-state index is 11.9. The van der Waals surface area contributed by atoms with Crippen molar-refractivity contribution in [2.75, 3.05) is 7.05 Å².